The van der Waals surface area contributed by atoms with Crippen LogP contribution in [0.4, 0.5) is 0 Å². The second-order valence-electron chi connectivity index (χ2n) is 2.98. The molecule has 0 aliphatic heterocycles. The molecule has 0 saturated heterocycles. The SMILES string of the molecule is CCNC(=S)NC(C)c1ccccn1. The van der Waals surface area contributed by atoms with Crippen molar-refractivity contribution in [3.8, 4) is 0 Å². The van der Waals surface area contributed by atoms with E-state index in [9.17, 15) is 0 Å². The summed E-state index contributed by atoms with van der Waals surface area (Å²) in [6.45, 7) is 4.88. The van der Waals surface area contributed by atoms with Crippen LogP contribution in [0.2, 0.25) is 0 Å². The van der Waals surface area contributed by atoms with Gasteiger partial charge in [-0.3, -0.25) is 4.98 Å². The Morgan fingerprint density at radius 1 is 1.57 bits per heavy atom. The molecule has 0 bridgehead atoms. The Bertz CT molecular complexity index is 287. The molecule has 0 aliphatic carbocycles. The van der Waals surface area contributed by atoms with Gasteiger partial charge in [-0.15, -0.1) is 0 Å². The monoisotopic (exact) mass is 209 g/mol. The topological polar surface area (TPSA) is 37.0 Å². The summed E-state index contributed by atoms with van der Waals surface area (Å²) in [4.78, 5) is 4.24. The van der Waals surface area contributed by atoms with E-state index >= 15 is 0 Å². The number of nitrogens with one attached hydrogen (secondary N) is 2. The summed E-state index contributed by atoms with van der Waals surface area (Å²) in [5, 5.41) is 6.87. The number of aromatic nitrogens is 1. The average molecular weight is 209 g/mol. The molecule has 0 amide bonds. The highest BCUT2D eigenvalue weighted by Gasteiger charge is 2.06. The van der Waals surface area contributed by atoms with E-state index < -0.39 is 0 Å². The molecule has 0 saturated carbocycles. The van der Waals surface area contributed by atoms with Crippen LogP contribution in [-0.4, -0.2) is 16.6 Å². The van der Waals surface area contributed by atoms with E-state index in [1.54, 1.807) is 6.20 Å². The van der Waals surface area contributed by atoms with E-state index in [0.717, 1.165) is 12.2 Å². The first-order chi connectivity index (χ1) is 6.74. The molecule has 0 fully saturated rings. The highest BCUT2D eigenvalue weighted by atomic mass is 32.1. The predicted molar refractivity (Wildman–Crippen MR) is 62.1 cm³/mol. The molecule has 1 heterocycles. The van der Waals surface area contributed by atoms with E-state index in [2.05, 4.69) is 15.6 Å². The standard InChI is InChI=1S/C10H15N3S/c1-3-11-10(14)13-8(2)9-6-4-5-7-12-9/h4-8H,3H2,1-2H3,(H2,11,13,14). The van der Waals surface area contributed by atoms with Crippen LogP contribution < -0.4 is 10.6 Å². The van der Waals surface area contributed by atoms with Crippen molar-refractivity contribution >= 4 is 17.3 Å². The Hall–Kier alpha value is -1.16. The fourth-order valence-corrected chi connectivity index (χ4v) is 1.44. The fourth-order valence-electron chi connectivity index (χ4n) is 1.11. The Kier molecular flexibility index (Phi) is 4.32. The lowest BCUT2D eigenvalue weighted by Gasteiger charge is -2.15. The Morgan fingerprint density at radius 2 is 2.36 bits per heavy atom. The zero-order chi connectivity index (χ0) is 10.4. The lowest BCUT2D eigenvalue weighted by molar-refractivity contribution is 0.680. The first kappa shape index (κ1) is 10.9. The largest absolute Gasteiger partial charge is 0.363 e. The number of thiocarbonyl (C=S) groups is 1. The van der Waals surface area contributed by atoms with Gasteiger partial charge in [-0.1, -0.05) is 6.07 Å². The van der Waals surface area contributed by atoms with Crippen LogP contribution in [0.15, 0.2) is 24.4 Å². The maximum Gasteiger partial charge on any atom is 0.166 e. The van der Waals surface area contributed by atoms with Crippen molar-refractivity contribution in [3.05, 3.63) is 30.1 Å². The van der Waals surface area contributed by atoms with E-state index in [0.29, 0.717) is 5.11 Å². The molecule has 1 rings (SSSR count). The first-order valence-corrected chi connectivity index (χ1v) is 5.10. The van der Waals surface area contributed by atoms with Crippen molar-refractivity contribution in [2.75, 3.05) is 6.54 Å². The van der Waals surface area contributed by atoms with Gasteiger partial charge < -0.3 is 10.6 Å². The quantitative estimate of drug-likeness (QED) is 0.742. The lowest BCUT2D eigenvalue weighted by atomic mass is 10.2. The minimum atomic E-state index is 0.141. The molecule has 1 unspecified atom stereocenters. The Labute approximate surface area is 89.9 Å². The number of hydrogen-bond donors (Lipinski definition) is 2. The first-order valence-electron chi connectivity index (χ1n) is 4.69. The molecule has 2 N–H and O–H groups in total. The van der Waals surface area contributed by atoms with Crippen molar-refractivity contribution in [1.29, 1.82) is 0 Å². The third kappa shape index (κ3) is 3.30. The summed E-state index contributed by atoms with van der Waals surface area (Å²) in [5.41, 5.74) is 0.993. The summed E-state index contributed by atoms with van der Waals surface area (Å²) < 4.78 is 0. The maximum absolute atomic E-state index is 5.08. The van der Waals surface area contributed by atoms with E-state index in [-0.39, 0.29) is 6.04 Å². The minimum absolute atomic E-state index is 0.141. The van der Waals surface area contributed by atoms with Crippen molar-refractivity contribution in [2.45, 2.75) is 19.9 Å². The van der Waals surface area contributed by atoms with E-state index in [1.165, 1.54) is 0 Å². The minimum Gasteiger partial charge on any atom is -0.363 e. The lowest BCUT2D eigenvalue weighted by Crippen LogP contribution is -2.36. The van der Waals surface area contributed by atoms with Gasteiger partial charge in [0.05, 0.1) is 11.7 Å². The van der Waals surface area contributed by atoms with Crippen LogP contribution in [0.1, 0.15) is 25.6 Å². The normalized spacial score (nSPS) is 11.9. The Morgan fingerprint density at radius 3 is 2.93 bits per heavy atom. The summed E-state index contributed by atoms with van der Waals surface area (Å²) in [6, 6.07) is 5.99. The third-order valence-corrected chi connectivity index (χ3v) is 2.08. The molecule has 4 heteroatoms. The van der Waals surface area contributed by atoms with Crippen molar-refractivity contribution in [3.63, 3.8) is 0 Å². The smallest absolute Gasteiger partial charge is 0.166 e. The molecule has 1 atom stereocenters. The second kappa shape index (κ2) is 5.54. The van der Waals surface area contributed by atoms with Crippen LogP contribution in [0.3, 0.4) is 0 Å². The summed E-state index contributed by atoms with van der Waals surface area (Å²) in [6.07, 6.45) is 1.78. The van der Waals surface area contributed by atoms with Gasteiger partial charge in [0.25, 0.3) is 0 Å². The second-order valence-corrected chi connectivity index (χ2v) is 3.39. The van der Waals surface area contributed by atoms with Crippen molar-refractivity contribution in [1.82, 2.24) is 15.6 Å². The molecule has 0 spiro atoms. The molecule has 0 aromatic carbocycles. The zero-order valence-corrected chi connectivity index (χ0v) is 9.27. The van der Waals surface area contributed by atoms with Gasteiger partial charge in [-0.05, 0) is 38.2 Å². The highest BCUT2D eigenvalue weighted by Crippen LogP contribution is 2.06. The van der Waals surface area contributed by atoms with Gasteiger partial charge in [-0.25, -0.2) is 0 Å². The molecule has 76 valence electrons. The van der Waals surface area contributed by atoms with E-state index in [4.69, 9.17) is 12.2 Å². The van der Waals surface area contributed by atoms with Crippen LogP contribution in [0, 0.1) is 0 Å². The molecular formula is C10H15N3S. The third-order valence-electron chi connectivity index (χ3n) is 1.82. The number of rotatable bonds is 3. The summed E-state index contributed by atoms with van der Waals surface area (Å²) >= 11 is 5.08. The molecule has 0 aliphatic rings. The van der Waals surface area contributed by atoms with Gasteiger partial charge >= 0.3 is 0 Å². The van der Waals surface area contributed by atoms with Crippen molar-refractivity contribution in [2.24, 2.45) is 0 Å². The highest BCUT2D eigenvalue weighted by molar-refractivity contribution is 7.80. The number of hydrogen-bond acceptors (Lipinski definition) is 2. The fraction of sp³-hybridized carbons (Fsp3) is 0.400. The summed E-state index contributed by atoms with van der Waals surface area (Å²) in [5.74, 6) is 0. The zero-order valence-electron chi connectivity index (χ0n) is 8.45. The number of pyridine rings is 1. The van der Waals surface area contributed by atoms with Gasteiger partial charge in [0, 0.05) is 12.7 Å². The van der Waals surface area contributed by atoms with Crippen LogP contribution >= 0.6 is 12.2 Å². The van der Waals surface area contributed by atoms with Crippen molar-refractivity contribution < 1.29 is 0 Å². The van der Waals surface area contributed by atoms with Gasteiger partial charge in [0.2, 0.25) is 0 Å². The van der Waals surface area contributed by atoms with Crippen LogP contribution in [0.5, 0.6) is 0 Å². The molecule has 0 radical (unpaired) electrons. The summed E-state index contributed by atoms with van der Waals surface area (Å²) in [7, 11) is 0. The van der Waals surface area contributed by atoms with E-state index in [1.807, 2.05) is 32.0 Å². The molecular weight excluding hydrogens is 194 g/mol. The predicted octanol–water partition coefficient (Wildman–Crippen LogP) is 1.63. The molecule has 3 nitrogen and oxygen atoms in total. The Balaban J connectivity index is 2.50. The van der Waals surface area contributed by atoms with Gasteiger partial charge in [-0.2, -0.15) is 0 Å². The van der Waals surface area contributed by atoms with Crippen LogP contribution in [0.25, 0.3) is 0 Å². The van der Waals surface area contributed by atoms with Crippen LogP contribution in [-0.2, 0) is 0 Å². The average Bonchev–Trinajstić information content (AvgIpc) is 2.19. The van der Waals surface area contributed by atoms with Gasteiger partial charge in [0.15, 0.2) is 5.11 Å². The molecule has 14 heavy (non-hydrogen) atoms. The molecule has 1 aromatic rings. The maximum atomic E-state index is 5.08. The van der Waals surface area contributed by atoms with Gasteiger partial charge in [0.1, 0.15) is 0 Å². The number of nitrogens with zero attached hydrogens (tertiary/aromatic N) is 1. The molecule has 1 aromatic heterocycles.